The van der Waals surface area contributed by atoms with Gasteiger partial charge in [0.05, 0.1) is 0 Å². The van der Waals surface area contributed by atoms with E-state index in [2.05, 4.69) is 18.7 Å². The van der Waals surface area contributed by atoms with Crippen molar-refractivity contribution in [1.29, 1.82) is 0 Å². The smallest absolute Gasteiger partial charge is 0.303 e. The number of fused-ring (bicyclic) bond motifs is 2. The predicted molar refractivity (Wildman–Crippen MR) is 84.3 cm³/mol. The number of aliphatic carboxylic acids is 1. The summed E-state index contributed by atoms with van der Waals surface area (Å²) in [6.07, 6.45) is 12.1. The van der Waals surface area contributed by atoms with Crippen LogP contribution in [-0.4, -0.2) is 34.1 Å². The van der Waals surface area contributed by atoms with Gasteiger partial charge in [-0.1, -0.05) is 20.3 Å². The van der Waals surface area contributed by atoms with Gasteiger partial charge in [0, 0.05) is 24.5 Å². The van der Waals surface area contributed by atoms with Gasteiger partial charge < -0.3 is 5.11 Å². The van der Waals surface area contributed by atoms with Crippen molar-refractivity contribution < 1.29 is 9.90 Å². The number of carboxylic acid groups (broad SMARTS) is 1. The highest BCUT2D eigenvalue weighted by Crippen LogP contribution is 2.44. The number of piperidine rings is 1. The van der Waals surface area contributed by atoms with Crippen molar-refractivity contribution in [2.24, 2.45) is 11.3 Å². The third kappa shape index (κ3) is 3.44. The van der Waals surface area contributed by atoms with Gasteiger partial charge in [0.2, 0.25) is 0 Å². The summed E-state index contributed by atoms with van der Waals surface area (Å²) < 4.78 is 0. The molecule has 2 aliphatic heterocycles. The van der Waals surface area contributed by atoms with Gasteiger partial charge in [0.15, 0.2) is 0 Å². The molecule has 3 unspecified atom stereocenters. The highest BCUT2D eigenvalue weighted by Gasteiger charge is 2.44. The van der Waals surface area contributed by atoms with E-state index in [0.29, 0.717) is 29.8 Å². The monoisotopic (exact) mass is 293 g/mol. The second-order valence-corrected chi connectivity index (χ2v) is 8.52. The van der Waals surface area contributed by atoms with E-state index >= 15 is 0 Å². The molecule has 2 saturated heterocycles. The van der Waals surface area contributed by atoms with Crippen LogP contribution in [0.3, 0.4) is 0 Å². The molecule has 2 heterocycles. The first-order chi connectivity index (χ1) is 9.94. The zero-order chi connectivity index (χ0) is 15.0. The van der Waals surface area contributed by atoms with Crippen LogP contribution in [0.1, 0.15) is 78.1 Å². The summed E-state index contributed by atoms with van der Waals surface area (Å²) in [7, 11) is 0. The number of hydrogen-bond acceptors (Lipinski definition) is 2. The van der Waals surface area contributed by atoms with E-state index in [9.17, 15) is 4.79 Å². The van der Waals surface area contributed by atoms with Crippen molar-refractivity contribution in [3.63, 3.8) is 0 Å². The van der Waals surface area contributed by atoms with E-state index in [0.717, 1.165) is 18.9 Å². The van der Waals surface area contributed by atoms with E-state index in [1.807, 2.05) is 0 Å². The summed E-state index contributed by atoms with van der Waals surface area (Å²) in [5.41, 5.74) is 0.523. The summed E-state index contributed by atoms with van der Waals surface area (Å²) in [5.74, 6) is -0.178. The number of rotatable bonds is 3. The molecule has 0 spiro atoms. The summed E-state index contributed by atoms with van der Waals surface area (Å²) in [6.45, 7) is 4.84. The second-order valence-electron chi connectivity index (χ2n) is 8.52. The maximum Gasteiger partial charge on any atom is 0.303 e. The third-order valence-corrected chi connectivity index (χ3v) is 6.32. The van der Waals surface area contributed by atoms with Crippen LogP contribution < -0.4 is 0 Å². The summed E-state index contributed by atoms with van der Waals surface area (Å²) in [4.78, 5) is 13.8. The largest absolute Gasteiger partial charge is 0.481 e. The molecule has 3 fully saturated rings. The summed E-state index contributed by atoms with van der Waals surface area (Å²) in [6, 6.07) is 2.13. The Morgan fingerprint density at radius 3 is 2.33 bits per heavy atom. The first-order valence-corrected chi connectivity index (χ1v) is 8.94. The van der Waals surface area contributed by atoms with Crippen LogP contribution in [0.25, 0.3) is 0 Å². The maximum absolute atomic E-state index is 11.0. The Morgan fingerprint density at radius 2 is 1.71 bits per heavy atom. The quantitative estimate of drug-likeness (QED) is 0.798. The predicted octanol–water partition coefficient (Wildman–Crippen LogP) is 4.06. The molecule has 0 aromatic rings. The lowest BCUT2D eigenvalue weighted by Crippen LogP contribution is -2.49. The molecule has 2 bridgehead atoms. The van der Waals surface area contributed by atoms with Gasteiger partial charge in [-0.25, -0.2) is 0 Å². The molecule has 21 heavy (non-hydrogen) atoms. The van der Waals surface area contributed by atoms with Gasteiger partial charge in [0.1, 0.15) is 0 Å². The summed E-state index contributed by atoms with van der Waals surface area (Å²) >= 11 is 0. The van der Waals surface area contributed by atoms with Crippen molar-refractivity contribution in [3.8, 4) is 0 Å². The number of nitrogens with zero attached hydrogens (tertiary/aromatic N) is 1. The van der Waals surface area contributed by atoms with E-state index in [-0.39, 0.29) is 0 Å². The topological polar surface area (TPSA) is 40.5 Å². The first kappa shape index (κ1) is 15.3. The van der Waals surface area contributed by atoms with E-state index in [1.165, 1.54) is 44.9 Å². The van der Waals surface area contributed by atoms with Crippen LogP contribution in [0.5, 0.6) is 0 Å². The van der Waals surface area contributed by atoms with Crippen molar-refractivity contribution in [1.82, 2.24) is 4.90 Å². The Hall–Kier alpha value is -0.570. The molecule has 120 valence electrons. The first-order valence-electron chi connectivity index (χ1n) is 8.94. The fraction of sp³-hybridized carbons (Fsp3) is 0.944. The Balaban J connectivity index is 1.63. The zero-order valence-electron chi connectivity index (χ0n) is 13.7. The Bertz CT molecular complexity index is 379. The maximum atomic E-state index is 11.0. The van der Waals surface area contributed by atoms with Gasteiger partial charge in [-0.2, -0.15) is 0 Å². The molecule has 3 atom stereocenters. The van der Waals surface area contributed by atoms with Crippen LogP contribution in [0.4, 0.5) is 0 Å². The van der Waals surface area contributed by atoms with Crippen molar-refractivity contribution in [2.75, 3.05) is 0 Å². The minimum atomic E-state index is -0.607. The molecule has 3 nitrogen and oxygen atoms in total. The van der Waals surface area contributed by atoms with Crippen LogP contribution in [0.15, 0.2) is 0 Å². The fourth-order valence-corrected chi connectivity index (χ4v) is 5.28. The average Bonchev–Trinajstić information content (AvgIpc) is 2.56. The molecule has 3 rings (SSSR count). The van der Waals surface area contributed by atoms with Gasteiger partial charge in [-0.15, -0.1) is 0 Å². The molecular weight excluding hydrogens is 262 g/mol. The number of carboxylic acids is 1. The fourth-order valence-electron chi connectivity index (χ4n) is 5.28. The molecular formula is C18H31NO2. The van der Waals surface area contributed by atoms with E-state index in [4.69, 9.17) is 5.11 Å². The van der Waals surface area contributed by atoms with Crippen LogP contribution in [0, 0.1) is 11.3 Å². The van der Waals surface area contributed by atoms with Gasteiger partial charge >= 0.3 is 5.97 Å². The van der Waals surface area contributed by atoms with Crippen molar-refractivity contribution >= 4 is 5.97 Å². The lowest BCUT2D eigenvalue weighted by Gasteiger charge is -2.43. The van der Waals surface area contributed by atoms with Crippen LogP contribution >= 0.6 is 0 Å². The van der Waals surface area contributed by atoms with Crippen molar-refractivity contribution in [2.45, 2.75) is 96.2 Å². The zero-order valence-corrected chi connectivity index (χ0v) is 13.7. The highest BCUT2D eigenvalue weighted by atomic mass is 16.4. The van der Waals surface area contributed by atoms with E-state index in [1.54, 1.807) is 0 Å². The highest BCUT2D eigenvalue weighted by molar-refractivity contribution is 5.67. The SMILES string of the molecule is CC1(C)CCCC(N2C3CCC2CC(CC(=O)O)C3)CC1. The lowest BCUT2D eigenvalue weighted by molar-refractivity contribution is -0.138. The lowest BCUT2D eigenvalue weighted by atomic mass is 9.84. The second kappa shape index (κ2) is 5.91. The molecule has 0 amide bonds. The molecule has 0 aromatic heterocycles. The van der Waals surface area contributed by atoms with Gasteiger partial charge in [0.25, 0.3) is 0 Å². The molecule has 0 radical (unpaired) electrons. The molecule has 3 heteroatoms. The Kier molecular flexibility index (Phi) is 4.31. The minimum Gasteiger partial charge on any atom is -0.481 e. The van der Waals surface area contributed by atoms with Crippen LogP contribution in [-0.2, 0) is 4.79 Å². The summed E-state index contributed by atoms with van der Waals surface area (Å²) in [5, 5.41) is 9.05. The Morgan fingerprint density at radius 1 is 1.05 bits per heavy atom. The molecule has 3 aliphatic rings. The van der Waals surface area contributed by atoms with E-state index < -0.39 is 5.97 Å². The van der Waals surface area contributed by atoms with Gasteiger partial charge in [-0.05, 0) is 62.7 Å². The molecule has 1 N–H and O–H groups in total. The average molecular weight is 293 g/mol. The van der Waals surface area contributed by atoms with Gasteiger partial charge in [-0.3, -0.25) is 9.69 Å². The molecule has 1 aliphatic carbocycles. The minimum absolute atomic E-state index is 0.387. The normalized spacial score (nSPS) is 39.9. The Labute approximate surface area is 129 Å². The standard InChI is InChI=1S/C18H31NO2/c1-18(2)8-3-4-14(7-9-18)19-15-5-6-16(19)11-13(10-15)12-17(20)21/h13-16H,3-12H2,1-2H3,(H,20,21). The number of hydrogen-bond donors (Lipinski definition) is 1. The van der Waals surface area contributed by atoms with Crippen LogP contribution in [0.2, 0.25) is 0 Å². The molecule has 1 saturated carbocycles. The van der Waals surface area contributed by atoms with Crippen molar-refractivity contribution in [3.05, 3.63) is 0 Å². The number of carbonyl (C=O) groups is 1. The third-order valence-electron chi connectivity index (χ3n) is 6.32. The molecule has 0 aromatic carbocycles.